The summed E-state index contributed by atoms with van der Waals surface area (Å²) in [5.41, 5.74) is 4.54. The molecule has 2 amide bonds. The fourth-order valence-corrected chi connectivity index (χ4v) is 3.41. The number of nitrogens with zero attached hydrogens (tertiary/aromatic N) is 1. The molecule has 4 aromatic rings. The second-order valence-corrected chi connectivity index (χ2v) is 7.84. The number of fused-ring (bicyclic) bond motifs is 1. The van der Waals surface area contributed by atoms with Crippen LogP contribution in [0.4, 0.5) is 5.69 Å². The summed E-state index contributed by atoms with van der Waals surface area (Å²) in [4.78, 5) is 37.2. The first-order valence-electron chi connectivity index (χ1n) is 11.0. The molecule has 8 heteroatoms. The molecule has 36 heavy (non-hydrogen) atoms. The second kappa shape index (κ2) is 11.0. The van der Waals surface area contributed by atoms with Crippen LogP contribution in [0.2, 0.25) is 0 Å². The van der Waals surface area contributed by atoms with Gasteiger partial charge in [0.15, 0.2) is 0 Å². The topological polar surface area (TPSA) is 106 Å². The molecule has 0 heterocycles. The lowest BCUT2D eigenvalue weighted by molar-refractivity contribution is -0.136. The summed E-state index contributed by atoms with van der Waals surface area (Å²) in [6, 6.07) is 24.5. The Morgan fingerprint density at radius 2 is 1.56 bits per heavy atom. The normalized spacial score (nSPS) is 10.7. The van der Waals surface area contributed by atoms with Crippen LogP contribution in [-0.4, -0.2) is 31.1 Å². The maximum Gasteiger partial charge on any atom is 0.343 e. The van der Waals surface area contributed by atoms with E-state index >= 15 is 0 Å². The van der Waals surface area contributed by atoms with Gasteiger partial charge in [0.1, 0.15) is 11.5 Å². The SMILES string of the molecule is COc1ccc(C(=O)Oc2ccc3ccccc3c2/C=N\NC(=O)C(=O)Nc2ccc(C)cc2)cc1. The molecule has 0 aliphatic rings. The Hall–Kier alpha value is -4.98. The van der Waals surface area contributed by atoms with Crippen LogP contribution in [0.1, 0.15) is 21.5 Å². The van der Waals surface area contributed by atoms with Crippen LogP contribution in [0.15, 0.2) is 90.0 Å². The minimum Gasteiger partial charge on any atom is -0.497 e. The number of methoxy groups -OCH3 is 1. The van der Waals surface area contributed by atoms with Gasteiger partial charge in [-0.05, 0) is 60.2 Å². The Balaban J connectivity index is 1.52. The molecule has 0 aliphatic carbocycles. The number of anilines is 1. The fraction of sp³-hybridized carbons (Fsp3) is 0.0714. The van der Waals surface area contributed by atoms with Crippen molar-refractivity contribution in [2.75, 3.05) is 12.4 Å². The van der Waals surface area contributed by atoms with Crippen molar-refractivity contribution in [3.05, 3.63) is 102 Å². The van der Waals surface area contributed by atoms with E-state index in [-0.39, 0.29) is 5.75 Å². The molecule has 0 fully saturated rings. The maximum atomic E-state index is 12.7. The summed E-state index contributed by atoms with van der Waals surface area (Å²) in [5.74, 6) is -1.50. The van der Waals surface area contributed by atoms with Gasteiger partial charge in [-0.25, -0.2) is 10.2 Å². The summed E-state index contributed by atoms with van der Waals surface area (Å²) in [6.45, 7) is 1.92. The van der Waals surface area contributed by atoms with Crippen LogP contribution in [0.5, 0.6) is 11.5 Å². The molecule has 0 aromatic heterocycles. The lowest BCUT2D eigenvalue weighted by Crippen LogP contribution is -2.32. The third-order valence-corrected chi connectivity index (χ3v) is 5.33. The van der Waals surface area contributed by atoms with E-state index in [1.54, 1.807) is 49.6 Å². The zero-order valence-electron chi connectivity index (χ0n) is 19.6. The molecule has 4 aromatic carbocycles. The van der Waals surface area contributed by atoms with Crippen LogP contribution in [0.3, 0.4) is 0 Å². The third kappa shape index (κ3) is 5.74. The molecule has 0 unspecified atom stereocenters. The lowest BCUT2D eigenvalue weighted by Gasteiger charge is -2.11. The predicted octanol–water partition coefficient (Wildman–Crippen LogP) is 4.46. The molecule has 8 nitrogen and oxygen atoms in total. The number of amides is 2. The maximum absolute atomic E-state index is 12.7. The van der Waals surface area contributed by atoms with Crippen molar-refractivity contribution in [1.82, 2.24) is 5.43 Å². The van der Waals surface area contributed by atoms with Gasteiger partial charge in [-0.1, -0.05) is 48.0 Å². The molecule has 0 radical (unpaired) electrons. The Labute approximate surface area is 207 Å². The Bertz CT molecular complexity index is 1440. The monoisotopic (exact) mass is 481 g/mol. The molecular formula is C28H23N3O5. The minimum absolute atomic E-state index is 0.247. The fourth-order valence-electron chi connectivity index (χ4n) is 3.41. The highest BCUT2D eigenvalue weighted by molar-refractivity contribution is 6.39. The largest absolute Gasteiger partial charge is 0.497 e. The molecule has 0 aliphatic heterocycles. The molecular weight excluding hydrogens is 458 g/mol. The number of hydrazone groups is 1. The van der Waals surface area contributed by atoms with E-state index in [1.165, 1.54) is 6.21 Å². The molecule has 0 saturated heterocycles. The van der Waals surface area contributed by atoms with Crippen molar-refractivity contribution >= 4 is 40.5 Å². The molecule has 0 saturated carbocycles. The predicted molar refractivity (Wildman–Crippen MR) is 137 cm³/mol. The third-order valence-electron chi connectivity index (χ3n) is 5.33. The number of rotatable bonds is 6. The van der Waals surface area contributed by atoms with Gasteiger partial charge in [-0.2, -0.15) is 5.10 Å². The number of carbonyl (C=O) groups is 3. The van der Waals surface area contributed by atoms with E-state index in [0.717, 1.165) is 16.3 Å². The van der Waals surface area contributed by atoms with Crippen LogP contribution >= 0.6 is 0 Å². The van der Waals surface area contributed by atoms with E-state index in [2.05, 4.69) is 15.8 Å². The van der Waals surface area contributed by atoms with Crippen LogP contribution in [-0.2, 0) is 9.59 Å². The summed E-state index contributed by atoms with van der Waals surface area (Å²) < 4.78 is 10.8. The smallest absolute Gasteiger partial charge is 0.343 e. The molecule has 2 N–H and O–H groups in total. The first kappa shape index (κ1) is 24.2. The number of ether oxygens (including phenoxy) is 2. The van der Waals surface area contributed by atoms with Crippen molar-refractivity contribution < 1.29 is 23.9 Å². The average molecular weight is 482 g/mol. The number of nitrogens with one attached hydrogen (secondary N) is 2. The van der Waals surface area contributed by atoms with Gasteiger partial charge in [0, 0.05) is 11.3 Å². The van der Waals surface area contributed by atoms with Gasteiger partial charge in [-0.15, -0.1) is 0 Å². The first-order valence-corrected chi connectivity index (χ1v) is 11.0. The van der Waals surface area contributed by atoms with Crippen molar-refractivity contribution in [1.29, 1.82) is 0 Å². The van der Waals surface area contributed by atoms with Gasteiger partial charge in [0.05, 0.1) is 18.9 Å². The quantitative estimate of drug-likeness (QED) is 0.139. The van der Waals surface area contributed by atoms with Gasteiger partial charge in [0.2, 0.25) is 0 Å². The van der Waals surface area contributed by atoms with E-state index < -0.39 is 17.8 Å². The number of hydrogen-bond acceptors (Lipinski definition) is 6. The summed E-state index contributed by atoms with van der Waals surface area (Å²) >= 11 is 0. The number of esters is 1. The van der Waals surface area contributed by atoms with Crippen LogP contribution < -0.4 is 20.2 Å². The molecule has 0 spiro atoms. The van der Waals surface area contributed by atoms with Crippen LogP contribution in [0, 0.1) is 6.92 Å². The van der Waals surface area contributed by atoms with Crippen LogP contribution in [0.25, 0.3) is 10.8 Å². The van der Waals surface area contributed by atoms with E-state index in [0.29, 0.717) is 22.6 Å². The van der Waals surface area contributed by atoms with E-state index in [9.17, 15) is 14.4 Å². The highest BCUT2D eigenvalue weighted by Gasteiger charge is 2.15. The summed E-state index contributed by atoms with van der Waals surface area (Å²) in [5, 5.41) is 8.08. The zero-order valence-corrected chi connectivity index (χ0v) is 19.6. The van der Waals surface area contributed by atoms with Gasteiger partial charge >= 0.3 is 17.8 Å². The van der Waals surface area contributed by atoms with Gasteiger partial charge < -0.3 is 14.8 Å². The average Bonchev–Trinajstić information content (AvgIpc) is 2.90. The van der Waals surface area contributed by atoms with Crippen molar-refractivity contribution in [2.24, 2.45) is 5.10 Å². The lowest BCUT2D eigenvalue weighted by atomic mass is 10.0. The minimum atomic E-state index is -0.941. The Morgan fingerprint density at radius 1 is 0.833 bits per heavy atom. The van der Waals surface area contributed by atoms with Crippen molar-refractivity contribution in [2.45, 2.75) is 6.92 Å². The standard InChI is InChI=1S/C28H23N3O5/c1-18-7-12-21(13-8-18)30-26(32)27(33)31-29-17-24-23-6-4-3-5-19(23)11-16-25(24)36-28(34)20-9-14-22(35-2)15-10-20/h3-17H,1-2H3,(H,30,32)(H,31,33)/b29-17-. The highest BCUT2D eigenvalue weighted by Crippen LogP contribution is 2.27. The highest BCUT2D eigenvalue weighted by atomic mass is 16.5. The Morgan fingerprint density at radius 3 is 2.28 bits per heavy atom. The number of aryl methyl sites for hydroxylation is 1. The van der Waals surface area contributed by atoms with Gasteiger partial charge in [0.25, 0.3) is 0 Å². The summed E-state index contributed by atoms with van der Waals surface area (Å²) in [6.07, 6.45) is 1.34. The number of carbonyl (C=O) groups excluding carboxylic acids is 3. The molecule has 180 valence electrons. The number of hydrogen-bond donors (Lipinski definition) is 2. The first-order chi connectivity index (χ1) is 17.4. The van der Waals surface area contributed by atoms with Crippen molar-refractivity contribution in [3.63, 3.8) is 0 Å². The zero-order chi connectivity index (χ0) is 25.5. The molecule has 0 atom stereocenters. The van der Waals surface area contributed by atoms with Gasteiger partial charge in [-0.3, -0.25) is 9.59 Å². The molecule has 4 rings (SSSR count). The summed E-state index contributed by atoms with van der Waals surface area (Å²) in [7, 11) is 1.54. The van der Waals surface area contributed by atoms with Crippen molar-refractivity contribution in [3.8, 4) is 11.5 Å². The molecule has 0 bridgehead atoms. The van der Waals surface area contributed by atoms with E-state index in [1.807, 2.05) is 49.4 Å². The number of benzene rings is 4. The van der Waals surface area contributed by atoms with E-state index in [4.69, 9.17) is 9.47 Å². The Kier molecular flexibility index (Phi) is 7.36. The second-order valence-electron chi connectivity index (χ2n) is 7.84.